The lowest BCUT2D eigenvalue weighted by Gasteiger charge is -2.23. The fraction of sp³-hybridized carbons (Fsp3) is 0.778. The molecule has 0 aromatic rings. The number of carbonyl (C=O) groups is 1. The molecule has 2 unspecified atom stereocenters. The van der Waals surface area contributed by atoms with Gasteiger partial charge in [-0.25, -0.2) is 4.79 Å². The molecule has 0 spiro atoms. The maximum absolute atomic E-state index is 11.0. The fourth-order valence-corrected chi connectivity index (χ4v) is 1.62. The second kappa shape index (κ2) is 4.06. The first-order chi connectivity index (χ1) is 6.77. The molecule has 0 bridgehead atoms. The van der Waals surface area contributed by atoms with Gasteiger partial charge in [0, 0.05) is 19.0 Å². The number of ether oxygens (including phenoxy) is 1. The molecule has 1 saturated heterocycles. The SMILES string of the molecule is CC1C(=O)ON=C1CC1COCCN1. The zero-order valence-corrected chi connectivity index (χ0v) is 8.16. The number of rotatable bonds is 2. The highest BCUT2D eigenvalue weighted by Gasteiger charge is 2.30. The van der Waals surface area contributed by atoms with Crippen molar-refractivity contribution < 1.29 is 14.4 Å². The lowest BCUT2D eigenvalue weighted by atomic mass is 10.00. The maximum Gasteiger partial charge on any atom is 0.343 e. The van der Waals surface area contributed by atoms with Gasteiger partial charge in [0.2, 0.25) is 0 Å². The zero-order chi connectivity index (χ0) is 9.97. The molecule has 5 heteroatoms. The number of carbonyl (C=O) groups excluding carboxylic acids is 1. The maximum atomic E-state index is 11.0. The Balaban J connectivity index is 1.87. The highest BCUT2D eigenvalue weighted by Crippen LogP contribution is 2.15. The summed E-state index contributed by atoms with van der Waals surface area (Å²) >= 11 is 0. The first-order valence-electron chi connectivity index (χ1n) is 4.86. The van der Waals surface area contributed by atoms with Crippen molar-refractivity contribution in [1.82, 2.24) is 5.32 Å². The summed E-state index contributed by atoms with van der Waals surface area (Å²) in [6, 6.07) is 0.263. The third-order valence-electron chi connectivity index (χ3n) is 2.56. The number of nitrogens with zero attached hydrogens (tertiary/aromatic N) is 1. The largest absolute Gasteiger partial charge is 0.379 e. The molecule has 5 nitrogen and oxygen atoms in total. The summed E-state index contributed by atoms with van der Waals surface area (Å²) in [6.07, 6.45) is 0.729. The van der Waals surface area contributed by atoms with E-state index in [1.165, 1.54) is 0 Å². The van der Waals surface area contributed by atoms with E-state index in [0.29, 0.717) is 6.61 Å². The van der Waals surface area contributed by atoms with Crippen LogP contribution in [-0.2, 0) is 14.4 Å². The van der Waals surface area contributed by atoms with Gasteiger partial charge < -0.3 is 14.9 Å². The molecular formula is C9H14N2O3. The van der Waals surface area contributed by atoms with Crippen molar-refractivity contribution in [3.05, 3.63) is 0 Å². The number of morpholine rings is 1. The molecule has 0 saturated carbocycles. The van der Waals surface area contributed by atoms with Crippen LogP contribution < -0.4 is 5.32 Å². The van der Waals surface area contributed by atoms with Gasteiger partial charge in [-0.3, -0.25) is 0 Å². The van der Waals surface area contributed by atoms with Crippen LogP contribution in [0.1, 0.15) is 13.3 Å². The third-order valence-corrected chi connectivity index (χ3v) is 2.56. The molecule has 0 aliphatic carbocycles. The van der Waals surface area contributed by atoms with E-state index in [4.69, 9.17) is 4.74 Å². The number of nitrogens with one attached hydrogen (secondary N) is 1. The summed E-state index contributed by atoms with van der Waals surface area (Å²) in [5, 5.41) is 7.07. The van der Waals surface area contributed by atoms with E-state index in [9.17, 15) is 4.79 Å². The first kappa shape index (κ1) is 9.61. The summed E-state index contributed by atoms with van der Waals surface area (Å²) in [7, 11) is 0. The van der Waals surface area contributed by atoms with E-state index in [1.807, 2.05) is 6.92 Å². The zero-order valence-electron chi connectivity index (χ0n) is 8.16. The summed E-state index contributed by atoms with van der Waals surface area (Å²) in [5.41, 5.74) is 0.818. The third kappa shape index (κ3) is 1.93. The topological polar surface area (TPSA) is 59.9 Å². The predicted octanol–water partition coefficient (Wildman–Crippen LogP) is -0.0862. The van der Waals surface area contributed by atoms with Crippen LogP contribution in [0.5, 0.6) is 0 Å². The van der Waals surface area contributed by atoms with Gasteiger partial charge >= 0.3 is 5.97 Å². The van der Waals surface area contributed by atoms with Crippen LogP contribution in [0.4, 0.5) is 0 Å². The summed E-state index contributed by atoms with van der Waals surface area (Å²) in [5.74, 6) is -0.449. The second-order valence-corrected chi connectivity index (χ2v) is 3.64. The van der Waals surface area contributed by atoms with Crippen molar-refractivity contribution >= 4 is 11.7 Å². The van der Waals surface area contributed by atoms with E-state index in [2.05, 4.69) is 15.3 Å². The van der Waals surface area contributed by atoms with Crippen molar-refractivity contribution in [2.75, 3.05) is 19.8 Å². The minimum absolute atomic E-state index is 0.196. The van der Waals surface area contributed by atoms with Crippen LogP contribution in [0.15, 0.2) is 5.16 Å². The van der Waals surface area contributed by atoms with E-state index in [0.717, 1.165) is 25.3 Å². The normalized spacial score (nSPS) is 32.6. The molecule has 14 heavy (non-hydrogen) atoms. The van der Waals surface area contributed by atoms with Crippen LogP contribution in [-0.4, -0.2) is 37.5 Å². The number of hydrogen-bond acceptors (Lipinski definition) is 5. The van der Waals surface area contributed by atoms with E-state index in [1.54, 1.807) is 0 Å². The minimum atomic E-state index is -0.253. The predicted molar refractivity (Wildman–Crippen MR) is 49.9 cm³/mol. The van der Waals surface area contributed by atoms with Crippen molar-refractivity contribution in [2.45, 2.75) is 19.4 Å². The van der Waals surface area contributed by atoms with Gasteiger partial charge in [-0.05, 0) is 6.92 Å². The van der Waals surface area contributed by atoms with Gasteiger partial charge in [0.15, 0.2) is 0 Å². The van der Waals surface area contributed by atoms with E-state index < -0.39 is 0 Å². The Labute approximate surface area is 82.4 Å². The van der Waals surface area contributed by atoms with Crippen molar-refractivity contribution in [3.8, 4) is 0 Å². The van der Waals surface area contributed by atoms with Crippen molar-refractivity contribution in [1.29, 1.82) is 0 Å². The molecule has 78 valence electrons. The monoisotopic (exact) mass is 198 g/mol. The summed E-state index contributed by atoms with van der Waals surface area (Å²) in [6.45, 7) is 4.12. The first-order valence-corrected chi connectivity index (χ1v) is 4.86. The molecule has 0 aromatic heterocycles. The Morgan fingerprint density at radius 1 is 1.64 bits per heavy atom. The number of oxime groups is 1. The van der Waals surface area contributed by atoms with E-state index in [-0.39, 0.29) is 17.9 Å². The molecule has 2 heterocycles. The van der Waals surface area contributed by atoms with Crippen LogP contribution in [0.25, 0.3) is 0 Å². The molecule has 2 aliphatic heterocycles. The van der Waals surface area contributed by atoms with E-state index >= 15 is 0 Å². The quantitative estimate of drug-likeness (QED) is 0.630. The number of hydrogen-bond donors (Lipinski definition) is 1. The Morgan fingerprint density at radius 3 is 3.07 bits per heavy atom. The Morgan fingerprint density at radius 2 is 2.50 bits per heavy atom. The van der Waals surface area contributed by atoms with Gasteiger partial charge in [-0.1, -0.05) is 5.16 Å². The Bertz CT molecular complexity index is 259. The summed E-state index contributed by atoms with van der Waals surface area (Å²) < 4.78 is 5.31. The smallest absolute Gasteiger partial charge is 0.343 e. The van der Waals surface area contributed by atoms with Gasteiger partial charge in [0.25, 0.3) is 0 Å². The molecular weight excluding hydrogens is 184 g/mol. The highest BCUT2D eigenvalue weighted by molar-refractivity contribution is 6.04. The molecule has 0 amide bonds. The second-order valence-electron chi connectivity index (χ2n) is 3.64. The molecule has 2 rings (SSSR count). The average Bonchev–Trinajstić information content (AvgIpc) is 2.52. The van der Waals surface area contributed by atoms with Crippen molar-refractivity contribution in [3.63, 3.8) is 0 Å². The van der Waals surface area contributed by atoms with Crippen LogP contribution in [0.3, 0.4) is 0 Å². The standard InChI is InChI=1S/C9H14N2O3/c1-6-8(11-14-9(6)12)4-7-5-13-3-2-10-7/h6-7,10H,2-5H2,1H3. The van der Waals surface area contributed by atoms with Crippen LogP contribution >= 0.6 is 0 Å². The molecule has 1 N–H and O–H groups in total. The van der Waals surface area contributed by atoms with Crippen LogP contribution in [0.2, 0.25) is 0 Å². The van der Waals surface area contributed by atoms with Crippen LogP contribution in [0, 0.1) is 5.92 Å². The summed E-state index contributed by atoms with van der Waals surface area (Å²) in [4.78, 5) is 15.6. The lowest BCUT2D eigenvalue weighted by Crippen LogP contribution is -2.43. The lowest BCUT2D eigenvalue weighted by molar-refractivity contribution is -0.142. The molecule has 0 radical (unpaired) electrons. The fourth-order valence-electron chi connectivity index (χ4n) is 1.62. The van der Waals surface area contributed by atoms with Gasteiger partial charge in [0.1, 0.15) is 0 Å². The van der Waals surface area contributed by atoms with Gasteiger partial charge in [-0.2, -0.15) is 0 Å². The Hall–Kier alpha value is -0.940. The van der Waals surface area contributed by atoms with Gasteiger partial charge in [0.05, 0.1) is 24.8 Å². The molecule has 2 atom stereocenters. The molecule has 0 aromatic carbocycles. The average molecular weight is 198 g/mol. The minimum Gasteiger partial charge on any atom is -0.379 e. The molecule has 1 fully saturated rings. The van der Waals surface area contributed by atoms with Gasteiger partial charge in [-0.15, -0.1) is 0 Å². The molecule has 2 aliphatic rings. The highest BCUT2D eigenvalue weighted by atomic mass is 16.7. The Kier molecular flexibility index (Phi) is 2.79. The van der Waals surface area contributed by atoms with Crippen molar-refractivity contribution in [2.24, 2.45) is 11.1 Å².